The zero-order valence-corrected chi connectivity index (χ0v) is 18.3. The van der Waals surface area contributed by atoms with Crippen molar-refractivity contribution in [2.24, 2.45) is 0 Å². The van der Waals surface area contributed by atoms with Crippen molar-refractivity contribution < 1.29 is 13.2 Å². The molecule has 158 valence electrons. The number of sulfonamides is 1. The number of likely N-dealkylation sites (N-methyl/N-ethyl adjacent to an activating group) is 1. The van der Waals surface area contributed by atoms with Crippen molar-refractivity contribution in [1.29, 1.82) is 0 Å². The number of aryl methyl sites for hydroxylation is 1. The third kappa shape index (κ3) is 7.42. The molecule has 0 saturated carbocycles. The van der Waals surface area contributed by atoms with E-state index in [1.165, 1.54) is 10.6 Å². The molecule has 0 aliphatic heterocycles. The summed E-state index contributed by atoms with van der Waals surface area (Å²) < 4.78 is 25.7. The van der Waals surface area contributed by atoms with Crippen molar-refractivity contribution in [3.63, 3.8) is 0 Å². The maximum absolute atomic E-state index is 12.2. The summed E-state index contributed by atoms with van der Waals surface area (Å²) in [5.41, 5.74) is 2.89. The number of anilines is 2. The van der Waals surface area contributed by atoms with Gasteiger partial charge in [0.25, 0.3) is 0 Å². The van der Waals surface area contributed by atoms with Gasteiger partial charge in [-0.3, -0.25) is 9.10 Å². The molecule has 0 aliphatic rings. The fourth-order valence-electron chi connectivity index (χ4n) is 3.03. The zero-order valence-electron chi connectivity index (χ0n) is 17.5. The van der Waals surface area contributed by atoms with Crippen LogP contribution in [0, 0.1) is 0 Å². The normalized spacial score (nSPS) is 11.1. The number of nitrogens with one attached hydrogen (secondary N) is 1. The Balaban J connectivity index is 1.79. The number of carbonyl (C=O) groups excluding carboxylic acids is 1. The predicted molar refractivity (Wildman–Crippen MR) is 120 cm³/mol. The van der Waals surface area contributed by atoms with Gasteiger partial charge in [-0.15, -0.1) is 0 Å². The zero-order chi connectivity index (χ0) is 21.3. The number of hydrogen-bond acceptors (Lipinski definition) is 4. The monoisotopic (exact) mass is 417 g/mol. The van der Waals surface area contributed by atoms with Crippen LogP contribution in [0.15, 0.2) is 54.6 Å². The van der Waals surface area contributed by atoms with Crippen LogP contribution in [-0.2, 0) is 21.2 Å². The number of carbonyl (C=O) groups is 1. The summed E-state index contributed by atoms with van der Waals surface area (Å²) in [6.45, 7) is 3.58. The molecule has 0 aromatic heterocycles. The fourth-order valence-corrected chi connectivity index (χ4v) is 4.00. The summed E-state index contributed by atoms with van der Waals surface area (Å²) >= 11 is 0. The van der Waals surface area contributed by atoms with E-state index in [-0.39, 0.29) is 18.9 Å². The van der Waals surface area contributed by atoms with Gasteiger partial charge in [0.2, 0.25) is 15.9 Å². The summed E-state index contributed by atoms with van der Waals surface area (Å²) in [6, 6.07) is 17.5. The summed E-state index contributed by atoms with van der Waals surface area (Å²) in [5, 5.41) is 2.90. The smallest absolute Gasteiger partial charge is 0.232 e. The Bertz CT molecular complexity index is 868. The minimum Gasteiger partial charge on any atom is -0.373 e. The van der Waals surface area contributed by atoms with Gasteiger partial charge in [0, 0.05) is 38.8 Å². The second kappa shape index (κ2) is 10.9. The molecule has 0 fully saturated rings. The van der Waals surface area contributed by atoms with Gasteiger partial charge in [0.15, 0.2) is 0 Å². The molecule has 2 rings (SSSR count). The first-order chi connectivity index (χ1) is 13.8. The topological polar surface area (TPSA) is 69.7 Å². The summed E-state index contributed by atoms with van der Waals surface area (Å²) in [5.74, 6) is -0.0683. The standard InChI is InChI=1S/C22H31N3O3S/c1-4-19-12-14-21(15-13-19)25(29(3,27)28)17-8-11-22(26)23-16-18-24(2)20-9-6-5-7-10-20/h5-7,9-10,12-15H,4,8,11,16-18H2,1-3H3,(H,23,26). The van der Waals surface area contributed by atoms with Crippen LogP contribution in [0.5, 0.6) is 0 Å². The number of amides is 1. The lowest BCUT2D eigenvalue weighted by molar-refractivity contribution is -0.121. The van der Waals surface area contributed by atoms with Gasteiger partial charge in [-0.25, -0.2) is 8.42 Å². The van der Waals surface area contributed by atoms with Crippen molar-refractivity contribution in [2.75, 3.05) is 42.1 Å². The van der Waals surface area contributed by atoms with Crippen LogP contribution in [0.1, 0.15) is 25.3 Å². The highest BCUT2D eigenvalue weighted by Crippen LogP contribution is 2.19. The van der Waals surface area contributed by atoms with Crippen molar-refractivity contribution in [1.82, 2.24) is 5.32 Å². The Morgan fingerprint density at radius 3 is 2.21 bits per heavy atom. The summed E-state index contributed by atoms with van der Waals surface area (Å²) in [7, 11) is -1.42. The first-order valence-corrected chi connectivity index (χ1v) is 11.8. The maximum atomic E-state index is 12.2. The van der Waals surface area contributed by atoms with E-state index in [4.69, 9.17) is 0 Å². The number of benzene rings is 2. The Morgan fingerprint density at radius 1 is 0.966 bits per heavy atom. The van der Waals surface area contributed by atoms with Crippen molar-refractivity contribution in [2.45, 2.75) is 26.2 Å². The lowest BCUT2D eigenvalue weighted by Crippen LogP contribution is -2.34. The van der Waals surface area contributed by atoms with Gasteiger partial charge >= 0.3 is 0 Å². The van der Waals surface area contributed by atoms with E-state index in [1.807, 2.05) is 61.6 Å². The van der Waals surface area contributed by atoms with Crippen LogP contribution in [0.25, 0.3) is 0 Å². The van der Waals surface area contributed by atoms with E-state index < -0.39 is 10.0 Å². The van der Waals surface area contributed by atoms with Crippen LogP contribution in [0.2, 0.25) is 0 Å². The minimum atomic E-state index is -3.40. The molecule has 0 spiro atoms. The fraction of sp³-hybridized carbons (Fsp3) is 0.409. The number of rotatable bonds is 11. The highest BCUT2D eigenvalue weighted by molar-refractivity contribution is 7.92. The first kappa shape index (κ1) is 22.7. The van der Waals surface area contributed by atoms with Crippen LogP contribution in [0.3, 0.4) is 0 Å². The van der Waals surface area contributed by atoms with Gasteiger partial charge < -0.3 is 10.2 Å². The molecule has 29 heavy (non-hydrogen) atoms. The molecule has 7 heteroatoms. The lowest BCUT2D eigenvalue weighted by atomic mass is 10.1. The van der Waals surface area contributed by atoms with Gasteiger partial charge in [-0.05, 0) is 42.7 Å². The average Bonchev–Trinajstić information content (AvgIpc) is 2.71. The minimum absolute atomic E-state index is 0.0683. The van der Waals surface area contributed by atoms with Gasteiger partial charge in [0.05, 0.1) is 11.9 Å². The Hall–Kier alpha value is -2.54. The van der Waals surface area contributed by atoms with Gasteiger partial charge in [-0.2, -0.15) is 0 Å². The molecule has 2 aromatic carbocycles. The molecule has 1 N–H and O–H groups in total. The molecule has 0 unspecified atom stereocenters. The number of nitrogens with zero attached hydrogens (tertiary/aromatic N) is 2. The molecule has 0 saturated heterocycles. The third-order valence-electron chi connectivity index (χ3n) is 4.76. The highest BCUT2D eigenvalue weighted by Gasteiger charge is 2.17. The Labute approximate surface area is 174 Å². The van der Waals surface area contributed by atoms with E-state index in [0.29, 0.717) is 25.2 Å². The molecule has 6 nitrogen and oxygen atoms in total. The molecule has 0 aliphatic carbocycles. The van der Waals surface area contributed by atoms with Crippen molar-refractivity contribution in [3.05, 3.63) is 60.2 Å². The van der Waals surface area contributed by atoms with Crippen LogP contribution in [0.4, 0.5) is 11.4 Å². The summed E-state index contributed by atoms with van der Waals surface area (Å²) in [6.07, 6.45) is 2.84. The van der Waals surface area contributed by atoms with E-state index in [9.17, 15) is 13.2 Å². The number of para-hydroxylation sites is 1. The quantitative estimate of drug-likeness (QED) is 0.610. The maximum Gasteiger partial charge on any atom is 0.232 e. The molecule has 0 heterocycles. The average molecular weight is 418 g/mol. The van der Waals surface area contributed by atoms with Gasteiger partial charge in [0.1, 0.15) is 0 Å². The second-order valence-electron chi connectivity index (χ2n) is 7.07. The summed E-state index contributed by atoms with van der Waals surface area (Å²) in [4.78, 5) is 14.2. The molecule has 0 bridgehead atoms. The molecule has 2 aromatic rings. The van der Waals surface area contributed by atoms with E-state index >= 15 is 0 Å². The SMILES string of the molecule is CCc1ccc(N(CCCC(=O)NCCN(C)c2ccccc2)S(C)(=O)=O)cc1. The van der Waals surface area contributed by atoms with Crippen molar-refractivity contribution >= 4 is 27.3 Å². The van der Waals surface area contributed by atoms with E-state index in [1.54, 1.807) is 0 Å². The molecule has 1 amide bonds. The lowest BCUT2D eigenvalue weighted by Gasteiger charge is -2.22. The van der Waals surface area contributed by atoms with Crippen LogP contribution in [-0.4, -0.2) is 47.3 Å². The molecular weight excluding hydrogens is 386 g/mol. The Kier molecular flexibility index (Phi) is 8.51. The van der Waals surface area contributed by atoms with Gasteiger partial charge in [-0.1, -0.05) is 37.3 Å². The molecule has 0 atom stereocenters. The Morgan fingerprint density at radius 2 is 1.62 bits per heavy atom. The third-order valence-corrected chi connectivity index (χ3v) is 5.96. The largest absolute Gasteiger partial charge is 0.373 e. The van der Waals surface area contributed by atoms with Crippen LogP contribution >= 0.6 is 0 Å². The highest BCUT2D eigenvalue weighted by atomic mass is 32.2. The molecule has 0 radical (unpaired) electrons. The first-order valence-electron chi connectivity index (χ1n) is 9.90. The van der Waals surface area contributed by atoms with Crippen LogP contribution < -0.4 is 14.5 Å². The van der Waals surface area contributed by atoms with E-state index in [2.05, 4.69) is 17.1 Å². The van der Waals surface area contributed by atoms with Crippen molar-refractivity contribution in [3.8, 4) is 0 Å². The predicted octanol–water partition coefficient (Wildman–Crippen LogP) is 3.05. The second-order valence-corrected chi connectivity index (χ2v) is 8.97. The number of hydrogen-bond donors (Lipinski definition) is 1. The molecular formula is C22H31N3O3S. The van der Waals surface area contributed by atoms with E-state index in [0.717, 1.165) is 17.7 Å².